The normalized spacial score (nSPS) is 10.1. The van der Waals surface area contributed by atoms with E-state index < -0.39 is 0 Å². The van der Waals surface area contributed by atoms with Gasteiger partial charge >= 0.3 is 0 Å². The van der Waals surface area contributed by atoms with Crippen LogP contribution in [0.25, 0.3) is 0 Å². The van der Waals surface area contributed by atoms with Gasteiger partial charge in [-0.1, -0.05) is 12.1 Å². The topological polar surface area (TPSA) is 17.1 Å². The third-order valence-electron chi connectivity index (χ3n) is 1.78. The standard InChI is InChI=1S/C10H10BrFO/c1-7(13)5-6-8-3-2-4-9(11)10(8)12/h2-4H,5-6H2,1H3. The highest BCUT2D eigenvalue weighted by Gasteiger charge is 2.05. The number of Topliss-reactive ketones (excluding diaryl/α,β-unsaturated/α-hetero) is 1. The molecule has 0 atom stereocenters. The minimum atomic E-state index is -0.260. The quantitative estimate of drug-likeness (QED) is 0.799. The number of benzene rings is 1. The van der Waals surface area contributed by atoms with Gasteiger partial charge in [-0.3, -0.25) is 0 Å². The van der Waals surface area contributed by atoms with Gasteiger partial charge in [-0.25, -0.2) is 4.39 Å². The maximum absolute atomic E-state index is 13.3. The molecule has 0 aliphatic carbocycles. The van der Waals surface area contributed by atoms with Gasteiger partial charge in [-0.15, -0.1) is 0 Å². The van der Waals surface area contributed by atoms with Gasteiger partial charge in [0, 0.05) is 6.42 Å². The van der Waals surface area contributed by atoms with Crippen molar-refractivity contribution in [3.63, 3.8) is 0 Å². The first-order valence-corrected chi connectivity index (χ1v) is 4.83. The minimum Gasteiger partial charge on any atom is -0.300 e. The largest absolute Gasteiger partial charge is 0.300 e. The third kappa shape index (κ3) is 2.92. The van der Waals surface area contributed by atoms with Gasteiger partial charge in [0.05, 0.1) is 4.47 Å². The number of ketones is 1. The number of carbonyl (C=O) groups excluding carboxylic acids is 1. The van der Waals surface area contributed by atoms with Crippen molar-refractivity contribution in [2.24, 2.45) is 0 Å². The molecule has 0 heterocycles. The van der Waals surface area contributed by atoms with Gasteiger partial charge in [0.1, 0.15) is 11.6 Å². The summed E-state index contributed by atoms with van der Waals surface area (Å²) in [5.41, 5.74) is 0.588. The van der Waals surface area contributed by atoms with Gasteiger partial charge < -0.3 is 4.79 Å². The summed E-state index contributed by atoms with van der Waals surface area (Å²) >= 11 is 3.09. The van der Waals surface area contributed by atoms with Crippen molar-refractivity contribution in [3.8, 4) is 0 Å². The Balaban J connectivity index is 2.77. The average molecular weight is 245 g/mol. The van der Waals surface area contributed by atoms with E-state index in [1.165, 1.54) is 6.92 Å². The maximum atomic E-state index is 13.3. The molecule has 0 amide bonds. The number of halogens is 2. The second-order valence-corrected chi connectivity index (χ2v) is 3.77. The highest BCUT2D eigenvalue weighted by molar-refractivity contribution is 9.10. The van der Waals surface area contributed by atoms with Crippen LogP contribution in [0.2, 0.25) is 0 Å². The summed E-state index contributed by atoms with van der Waals surface area (Å²) in [6, 6.07) is 5.11. The van der Waals surface area contributed by atoms with Crippen LogP contribution in [0.4, 0.5) is 4.39 Å². The summed E-state index contributed by atoms with van der Waals surface area (Å²) in [5.74, 6) is -0.178. The van der Waals surface area contributed by atoms with E-state index in [0.29, 0.717) is 22.9 Å². The molecule has 1 aromatic rings. The SMILES string of the molecule is CC(=O)CCc1cccc(Br)c1F. The van der Waals surface area contributed by atoms with E-state index in [2.05, 4.69) is 15.9 Å². The van der Waals surface area contributed by atoms with Crippen LogP contribution in [0.1, 0.15) is 18.9 Å². The van der Waals surface area contributed by atoms with E-state index in [4.69, 9.17) is 0 Å². The van der Waals surface area contributed by atoms with E-state index in [1.807, 2.05) is 0 Å². The summed E-state index contributed by atoms with van der Waals surface area (Å²) in [7, 11) is 0. The van der Waals surface area contributed by atoms with E-state index in [1.54, 1.807) is 18.2 Å². The molecule has 0 spiro atoms. The molecule has 0 aliphatic heterocycles. The molecule has 0 fully saturated rings. The van der Waals surface area contributed by atoms with E-state index in [0.717, 1.165) is 0 Å². The predicted octanol–water partition coefficient (Wildman–Crippen LogP) is 3.11. The van der Waals surface area contributed by atoms with Crippen molar-refractivity contribution in [1.82, 2.24) is 0 Å². The maximum Gasteiger partial charge on any atom is 0.140 e. The molecule has 1 nitrogen and oxygen atoms in total. The summed E-state index contributed by atoms with van der Waals surface area (Å²) < 4.78 is 13.7. The lowest BCUT2D eigenvalue weighted by Crippen LogP contribution is -1.97. The lowest BCUT2D eigenvalue weighted by atomic mass is 10.1. The van der Waals surface area contributed by atoms with Crippen LogP contribution in [0.3, 0.4) is 0 Å². The van der Waals surface area contributed by atoms with Crippen molar-refractivity contribution in [1.29, 1.82) is 0 Å². The summed E-state index contributed by atoms with van der Waals surface area (Å²) in [4.78, 5) is 10.7. The zero-order valence-electron chi connectivity index (χ0n) is 7.31. The zero-order valence-corrected chi connectivity index (χ0v) is 8.90. The van der Waals surface area contributed by atoms with Gasteiger partial charge in [-0.05, 0) is 40.9 Å². The molecular weight excluding hydrogens is 235 g/mol. The monoisotopic (exact) mass is 244 g/mol. The Bertz CT molecular complexity index is 323. The molecule has 0 unspecified atom stereocenters. The molecule has 0 bridgehead atoms. The van der Waals surface area contributed by atoms with Crippen LogP contribution in [0, 0.1) is 5.82 Å². The van der Waals surface area contributed by atoms with Crippen LogP contribution in [-0.2, 0) is 11.2 Å². The Morgan fingerprint density at radius 2 is 2.23 bits per heavy atom. The van der Waals surface area contributed by atoms with E-state index >= 15 is 0 Å². The Hall–Kier alpha value is -0.700. The fourth-order valence-corrected chi connectivity index (χ4v) is 1.46. The highest BCUT2D eigenvalue weighted by atomic mass is 79.9. The lowest BCUT2D eigenvalue weighted by Gasteiger charge is -2.02. The average Bonchev–Trinajstić information content (AvgIpc) is 2.07. The lowest BCUT2D eigenvalue weighted by molar-refractivity contribution is -0.116. The number of rotatable bonds is 3. The Kier molecular flexibility index (Phi) is 3.60. The minimum absolute atomic E-state index is 0.0828. The predicted molar refractivity (Wildman–Crippen MR) is 53.1 cm³/mol. The fraction of sp³-hybridized carbons (Fsp3) is 0.300. The smallest absolute Gasteiger partial charge is 0.140 e. The second-order valence-electron chi connectivity index (χ2n) is 2.91. The van der Waals surface area contributed by atoms with Crippen LogP contribution in [0.5, 0.6) is 0 Å². The first-order valence-electron chi connectivity index (χ1n) is 4.03. The molecule has 0 aliphatic rings. The Labute approximate surface area is 85.1 Å². The number of hydrogen-bond donors (Lipinski definition) is 0. The molecule has 3 heteroatoms. The summed E-state index contributed by atoms with van der Waals surface area (Å²) in [6.45, 7) is 1.51. The molecule has 0 N–H and O–H groups in total. The number of carbonyl (C=O) groups is 1. The van der Waals surface area contributed by atoms with Crippen LogP contribution in [0.15, 0.2) is 22.7 Å². The molecule has 0 radical (unpaired) electrons. The highest BCUT2D eigenvalue weighted by Crippen LogP contribution is 2.19. The van der Waals surface area contributed by atoms with Crippen molar-refractivity contribution in [2.45, 2.75) is 19.8 Å². The third-order valence-corrected chi connectivity index (χ3v) is 2.39. The van der Waals surface area contributed by atoms with Crippen molar-refractivity contribution in [2.75, 3.05) is 0 Å². The number of aryl methyl sites for hydroxylation is 1. The molecular formula is C10H10BrFO. The first kappa shape index (κ1) is 10.4. The Morgan fingerprint density at radius 3 is 2.85 bits per heavy atom. The summed E-state index contributed by atoms with van der Waals surface area (Å²) in [6.07, 6.45) is 0.869. The van der Waals surface area contributed by atoms with Crippen molar-refractivity contribution < 1.29 is 9.18 Å². The van der Waals surface area contributed by atoms with Crippen LogP contribution >= 0.6 is 15.9 Å². The van der Waals surface area contributed by atoms with Crippen molar-refractivity contribution >= 4 is 21.7 Å². The molecule has 70 valence electrons. The molecule has 0 saturated carbocycles. The molecule has 0 saturated heterocycles. The fourth-order valence-electron chi connectivity index (χ4n) is 1.05. The molecule has 1 rings (SSSR count). The van der Waals surface area contributed by atoms with Crippen LogP contribution < -0.4 is 0 Å². The molecule has 0 aromatic heterocycles. The molecule has 1 aromatic carbocycles. The zero-order chi connectivity index (χ0) is 9.84. The van der Waals surface area contributed by atoms with Gasteiger partial charge in [-0.2, -0.15) is 0 Å². The van der Waals surface area contributed by atoms with Gasteiger partial charge in [0.25, 0.3) is 0 Å². The molecule has 13 heavy (non-hydrogen) atoms. The number of hydrogen-bond acceptors (Lipinski definition) is 1. The summed E-state index contributed by atoms with van der Waals surface area (Å²) in [5, 5.41) is 0. The van der Waals surface area contributed by atoms with Gasteiger partial charge in [0.2, 0.25) is 0 Å². The van der Waals surface area contributed by atoms with Crippen molar-refractivity contribution in [3.05, 3.63) is 34.1 Å². The first-order chi connectivity index (χ1) is 6.11. The van der Waals surface area contributed by atoms with Crippen LogP contribution in [-0.4, -0.2) is 5.78 Å². The Morgan fingerprint density at radius 1 is 1.54 bits per heavy atom. The van der Waals surface area contributed by atoms with E-state index in [-0.39, 0.29) is 11.6 Å². The van der Waals surface area contributed by atoms with E-state index in [9.17, 15) is 9.18 Å². The van der Waals surface area contributed by atoms with Gasteiger partial charge in [0.15, 0.2) is 0 Å². The second kappa shape index (κ2) is 4.51.